The van der Waals surface area contributed by atoms with Crippen molar-refractivity contribution in [1.29, 1.82) is 0 Å². The number of aromatic hydroxyl groups is 1. The molecule has 0 radical (unpaired) electrons. The second-order valence-electron chi connectivity index (χ2n) is 2.68. The summed E-state index contributed by atoms with van der Waals surface area (Å²) >= 11 is 0. The normalized spacial score (nSPS) is 12.4. The summed E-state index contributed by atoms with van der Waals surface area (Å²) in [6.07, 6.45) is 0. The maximum Gasteiger partial charge on any atom is 0.239 e. The Hall–Kier alpha value is -1.55. The summed E-state index contributed by atoms with van der Waals surface area (Å²) in [5.41, 5.74) is 5.63. The highest BCUT2D eigenvalue weighted by Crippen LogP contribution is 2.22. The zero-order valence-electron chi connectivity index (χ0n) is 7.32. The van der Waals surface area contributed by atoms with Crippen LogP contribution in [-0.4, -0.2) is 18.1 Å². The fourth-order valence-electron chi connectivity index (χ4n) is 1.18. The summed E-state index contributed by atoms with van der Waals surface area (Å²) < 4.78 is 0. The molecule has 1 rings (SSSR count). The number of benzene rings is 1. The lowest BCUT2D eigenvalue weighted by molar-refractivity contribution is -0.120. The lowest BCUT2D eigenvalue weighted by Gasteiger charge is -2.13. The van der Waals surface area contributed by atoms with E-state index >= 15 is 0 Å². The van der Waals surface area contributed by atoms with Gasteiger partial charge in [0.15, 0.2) is 0 Å². The minimum absolute atomic E-state index is 0.0700. The number of nitrogens with one attached hydrogen (secondary N) is 1. The molecule has 0 fully saturated rings. The van der Waals surface area contributed by atoms with Gasteiger partial charge in [-0.3, -0.25) is 4.79 Å². The molecule has 70 valence electrons. The van der Waals surface area contributed by atoms with Crippen LogP contribution in [0.5, 0.6) is 5.75 Å². The summed E-state index contributed by atoms with van der Waals surface area (Å²) in [6, 6.07) is 5.96. The summed E-state index contributed by atoms with van der Waals surface area (Å²) in [5, 5.41) is 12.1. The van der Waals surface area contributed by atoms with Crippen LogP contribution in [0.1, 0.15) is 11.6 Å². The number of phenols is 1. The number of amides is 1. The van der Waals surface area contributed by atoms with E-state index in [4.69, 9.17) is 5.73 Å². The van der Waals surface area contributed by atoms with Gasteiger partial charge in [0.05, 0.1) is 0 Å². The highest BCUT2D eigenvalue weighted by atomic mass is 16.3. The molecule has 1 atom stereocenters. The van der Waals surface area contributed by atoms with E-state index in [1.54, 1.807) is 25.2 Å². The minimum atomic E-state index is -0.638. The molecule has 4 N–H and O–H groups in total. The molecule has 4 heteroatoms. The first-order valence-corrected chi connectivity index (χ1v) is 3.91. The van der Waals surface area contributed by atoms with Gasteiger partial charge in [0.25, 0.3) is 0 Å². The maximum atomic E-state index is 10.9. The van der Waals surface area contributed by atoms with Crippen molar-refractivity contribution >= 4 is 5.91 Å². The van der Waals surface area contributed by atoms with Crippen LogP contribution in [-0.2, 0) is 4.79 Å². The van der Waals surface area contributed by atoms with Gasteiger partial charge in [-0.25, -0.2) is 0 Å². The number of phenolic OH excluding ortho intramolecular Hbond substituents is 1. The van der Waals surface area contributed by atoms with Crippen molar-refractivity contribution in [3.63, 3.8) is 0 Å². The van der Waals surface area contributed by atoms with Gasteiger partial charge in [0.1, 0.15) is 11.8 Å². The Bertz CT molecular complexity index is 312. The molecule has 1 amide bonds. The van der Waals surface area contributed by atoms with Crippen LogP contribution in [0.3, 0.4) is 0 Å². The Kier molecular flexibility index (Phi) is 2.87. The standard InChI is InChI=1S/C9H12N2O2/c1-11-8(9(10)13)6-4-2-3-5-7(6)12/h2-5,8,11-12H,1H3,(H2,10,13). The molecule has 0 spiro atoms. The van der Waals surface area contributed by atoms with E-state index in [1.807, 2.05) is 0 Å². The maximum absolute atomic E-state index is 10.9. The highest BCUT2D eigenvalue weighted by molar-refractivity contribution is 5.82. The van der Waals surface area contributed by atoms with Gasteiger partial charge >= 0.3 is 0 Å². The van der Waals surface area contributed by atoms with Crippen LogP contribution < -0.4 is 11.1 Å². The third kappa shape index (κ3) is 1.97. The molecule has 0 aliphatic carbocycles. The van der Waals surface area contributed by atoms with Crippen molar-refractivity contribution in [3.05, 3.63) is 29.8 Å². The molecule has 1 aromatic rings. The van der Waals surface area contributed by atoms with E-state index in [-0.39, 0.29) is 5.75 Å². The predicted molar refractivity (Wildman–Crippen MR) is 49.1 cm³/mol. The number of rotatable bonds is 3. The first kappa shape index (κ1) is 9.54. The van der Waals surface area contributed by atoms with Crippen LogP contribution >= 0.6 is 0 Å². The topological polar surface area (TPSA) is 75.3 Å². The summed E-state index contributed by atoms with van der Waals surface area (Å²) in [4.78, 5) is 10.9. The van der Waals surface area contributed by atoms with Crippen LogP contribution in [0, 0.1) is 0 Å². The molecule has 0 saturated heterocycles. The molecule has 0 bridgehead atoms. The number of primary amides is 1. The van der Waals surface area contributed by atoms with E-state index in [0.717, 1.165) is 0 Å². The fraction of sp³-hybridized carbons (Fsp3) is 0.222. The quantitative estimate of drug-likeness (QED) is 0.619. The van der Waals surface area contributed by atoms with E-state index in [2.05, 4.69) is 5.32 Å². The second kappa shape index (κ2) is 3.91. The molecular weight excluding hydrogens is 168 g/mol. The van der Waals surface area contributed by atoms with Gasteiger partial charge in [-0.1, -0.05) is 18.2 Å². The zero-order valence-corrected chi connectivity index (χ0v) is 7.32. The number of carbonyl (C=O) groups excluding carboxylic acids is 1. The average molecular weight is 180 g/mol. The average Bonchev–Trinajstić information content (AvgIpc) is 2.09. The number of para-hydroxylation sites is 1. The monoisotopic (exact) mass is 180 g/mol. The molecule has 1 aromatic carbocycles. The SMILES string of the molecule is CNC(C(N)=O)c1ccccc1O. The highest BCUT2D eigenvalue weighted by Gasteiger charge is 2.17. The van der Waals surface area contributed by atoms with E-state index in [1.165, 1.54) is 6.07 Å². The van der Waals surface area contributed by atoms with Crippen LogP contribution in [0.2, 0.25) is 0 Å². The first-order valence-electron chi connectivity index (χ1n) is 3.91. The van der Waals surface area contributed by atoms with Crippen molar-refractivity contribution in [2.45, 2.75) is 6.04 Å². The number of hydrogen-bond acceptors (Lipinski definition) is 3. The molecule has 0 aliphatic rings. The first-order chi connectivity index (χ1) is 6.16. The number of carbonyl (C=O) groups is 1. The van der Waals surface area contributed by atoms with Crippen LogP contribution in [0.25, 0.3) is 0 Å². The Balaban J connectivity index is 3.04. The molecule has 0 heterocycles. The van der Waals surface area contributed by atoms with Gasteiger partial charge in [-0.05, 0) is 13.1 Å². The fourth-order valence-corrected chi connectivity index (χ4v) is 1.18. The Labute approximate surface area is 76.4 Å². The molecular formula is C9H12N2O2. The number of hydrogen-bond donors (Lipinski definition) is 3. The summed E-state index contributed by atoms with van der Waals surface area (Å²) in [7, 11) is 1.61. The van der Waals surface area contributed by atoms with Crippen molar-refractivity contribution in [2.24, 2.45) is 5.73 Å². The molecule has 4 nitrogen and oxygen atoms in total. The van der Waals surface area contributed by atoms with Crippen molar-refractivity contribution in [3.8, 4) is 5.75 Å². The predicted octanol–water partition coefficient (Wildman–Crippen LogP) is 0.138. The molecule has 0 saturated carbocycles. The van der Waals surface area contributed by atoms with Crippen molar-refractivity contribution in [2.75, 3.05) is 7.05 Å². The summed E-state index contributed by atoms with van der Waals surface area (Å²) in [5.74, 6) is -0.440. The smallest absolute Gasteiger partial charge is 0.239 e. The Morgan fingerprint density at radius 2 is 2.15 bits per heavy atom. The van der Waals surface area contributed by atoms with Crippen molar-refractivity contribution < 1.29 is 9.90 Å². The molecule has 0 aromatic heterocycles. The van der Waals surface area contributed by atoms with Crippen LogP contribution in [0.15, 0.2) is 24.3 Å². The Morgan fingerprint density at radius 1 is 1.54 bits per heavy atom. The van der Waals surface area contributed by atoms with E-state index in [9.17, 15) is 9.90 Å². The van der Waals surface area contributed by atoms with E-state index < -0.39 is 11.9 Å². The molecule has 0 aliphatic heterocycles. The third-order valence-electron chi connectivity index (χ3n) is 1.82. The van der Waals surface area contributed by atoms with Gasteiger partial charge in [0.2, 0.25) is 5.91 Å². The van der Waals surface area contributed by atoms with E-state index in [0.29, 0.717) is 5.56 Å². The van der Waals surface area contributed by atoms with Crippen molar-refractivity contribution in [1.82, 2.24) is 5.32 Å². The Morgan fingerprint density at radius 3 is 2.62 bits per heavy atom. The van der Waals surface area contributed by atoms with Gasteiger partial charge in [-0.2, -0.15) is 0 Å². The zero-order chi connectivity index (χ0) is 9.84. The lowest BCUT2D eigenvalue weighted by atomic mass is 10.1. The molecule has 1 unspecified atom stereocenters. The third-order valence-corrected chi connectivity index (χ3v) is 1.82. The lowest BCUT2D eigenvalue weighted by Crippen LogP contribution is -2.31. The van der Waals surface area contributed by atoms with Gasteiger partial charge in [-0.15, -0.1) is 0 Å². The number of likely N-dealkylation sites (N-methyl/N-ethyl adjacent to an activating group) is 1. The summed E-state index contributed by atoms with van der Waals surface area (Å²) in [6.45, 7) is 0. The minimum Gasteiger partial charge on any atom is -0.508 e. The second-order valence-corrected chi connectivity index (χ2v) is 2.68. The number of nitrogens with two attached hydrogens (primary N) is 1. The molecule has 13 heavy (non-hydrogen) atoms. The van der Waals surface area contributed by atoms with Gasteiger partial charge < -0.3 is 16.2 Å². The largest absolute Gasteiger partial charge is 0.508 e. The van der Waals surface area contributed by atoms with Gasteiger partial charge in [0, 0.05) is 5.56 Å². The van der Waals surface area contributed by atoms with Crippen LogP contribution in [0.4, 0.5) is 0 Å².